The third-order valence-corrected chi connectivity index (χ3v) is 20.6. The Morgan fingerprint density at radius 2 is 1.30 bits per heavy atom. The number of rotatable bonds is 26. The summed E-state index contributed by atoms with van der Waals surface area (Å²) in [6.07, 6.45) is -3.94. The highest BCUT2D eigenvalue weighted by Gasteiger charge is 2.50. The van der Waals surface area contributed by atoms with Gasteiger partial charge in [-0.05, 0) is 154 Å². The van der Waals surface area contributed by atoms with E-state index in [0.29, 0.717) is 100 Å². The minimum Gasteiger partial charge on any atom is -0.446 e. The topological polar surface area (TPSA) is 157 Å². The second-order valence-corrected chi connectivity index (χ2v) is 27.2. The number of nitrogens with zero attached hydrogens (tertiary/aromatic N) is 6. The van der Waals surface area contributed by atoms with Crippen LogP contribution >= 0.6 is 23.2 Å². The number of unbranched alkanes of at least 4 members (excludes halogenated alkanes) is 2. The van der Waals surface area contributed by atoms with Gasteiger partial charge in [0, 0.05) is 114 Å². The Morgan fingerprint density at radius 3 is 2.01 bits per heavy atom. The van der Waals surface area contributed by atoms with Crippen LogP contribution in [-0.2, 0) is 53.6 Å². The zero-order valence-electron chi connectivity index (χ0n) is 56.1. The molecule has 2 atom stereocenters. The molecule has 0 unspecified atom stereocenters. The van der Waals surface area contributed by atoms with E-state index in [1.165, 1.54) is 10.5 Å². The Kier molecular flexibility index (Phi) is 24.8. The maximum absolute atomic E-state index is 14.0. The van der Waals surface area contributed by atoms with Crippen molar-refractivity contribution in [2.24, 2.45) is 0 Å². The number of carbonyl (C=O) groups excluding carboxylic acids is 5. The van der Waals surface area contributed by atoms with Gasteiger partial charge in [0.2, 0.25) is 11.8 Å². The van der Waals surface area contributed by atoms with Crippen molar-refractivity contribution in [3.8, 4) is 11.1 Å². The third-order valence-electron chi connectivity index (χ3n) is 19.8. The van der Waals surface area contributed by atoms with E-state index >= 15 is 0 Å². The molecule has 0 bridgehead atoms. The smallest absolute Gasteiger partial charge is 0.416 e. The fourth-order valence-corrected chi connectivity index (χ4v) is 14.3. The number of likely N-dealkylation sites (N-methyl/N-ethyl adjacent to an activating group) is 2. The van der Waals surface area contributed by atoms with Crippen molar-refractivity contribution in [3.05, 3.63) is 189 Å². The number of hydrogen-bond donors (Lipinski definition) is 2. The third kappa shape index (κ3) is 19.0. The molecular weight excluding hydrogens is 1330 g/mol. The van der Waals surface area contributed by atoms with Crippen molar-refractivity contribution in [1.29, 1.82) is 0 Å². The first kappa shape index (κ1) is 74.0. The first-order valence-electron chi connectivity index (χ1n) is 33.9. The van der Waals surface area contributed by atoms with Gasteiger partial charge in [0.25, 0.3) is 11.8 Å². The van der Waals surface area contributed by atoms with Crippen LogP contribution in [0.5, 0.6) is 0 Å². The van der Waals surface area contributed by atoms with Crippen molar-refractivity contribution in [3.63, 3.8) is 0 Å². The van der Waals surface area contributed by atoms with Gasteiger partial charge >= 0.3 is 18.4 Å². The fourth-order valence-electron chi connectivity index (χ4n) is 14.0. The Bertz CT molecular complexity index is 3730. The lowest BCUT2D eigenvalue weighted by atomic mass is 9.72. The highest BCUT2D eigenvalue weighted by Crippen LogP contribution is 2.49. The lowest BCUT2D eigenvalue weighted by molar-refractivity contribution is -0.143. The molecule has 5 amide bonds. The van der Waals surface area contributed by atoms with Crippen LogP contribution in [0.2, 0.25) is 10.0 Å². The van der Waals surface area contributed by atoms with Crippen LogP contribution in [0, 0.1) is 0 Å². The molecule has 10 rings (SSSR count). The number of amides is 5. The van der Waals surface area contributed by atoms with E-state index in [2.05, 4.69) is 32.6 Å². The summed E-state index contributed by atoms with van der Waals surface area (Å²) >= 11 is 12.8. The van der Waals surface area contributed by atoms with E-state index in [0.717, 1.165) is 80.7 Å². The molecule has 0 aromatic heterocycles. The summed E-state index contributed by atoms with van der Waals surface area (Å²) in [5.74, 6) is -1.21. The van der Waals surface area contributed by atoms with Gasteiger partial charge in [-0.25, -0.2) is 4.79 Å². The van der Waals surface area contributed by atoms with E-state index in [9.17, 15) is 50.3 Å². The SMILES string of the molecule is CN(CCN1CCC(OC(=O)Nc2ccccc2-c2ccccc2)CC1)C(=O)CCCCCNc1ccc(C(=O)N(C)CCCN(C)C(=O)CO[C@H]2Cc3ccccc3C23CCN(CC[C@]2(c4ccc(Cl)c(Cl)c4)CN(C(=O)c4cc(C(F)(F)F)cc(C(F)(F)F)c4)CCO2)CC3)cc1. The number of likely N-dealkylation sites (tertiary alicyclic amines) is 2. The molecule has 3 aliphatic heterocycles. The van der Waals surface area contributed by atoms with E-state index < -0.39 is 52.1 Å². The second-order valence-electron chi connectivity index (χ2n) is 26.4. The van der Waals surface area contributed by atoms with Crippen molar-refractivity contribution in [2.75, 3.05) is 124 Å². The molecular formula is C75H86Cl2F6N8O8. The van der Waals surface area contributed by atoms with Crippen LogP contribution in [0.15, 0.2) is 140 Å². The number of para-hydroxylation sites is 1. The Morgan fingerprint density at radius 1 is 0.646 bits per heavy atom. The highest BCUT2D eigenvalue weighted by atomic mass is 35.5. The molecule has 3 heterocycles. The number of hydrogen-bond acceptors (Lipinski definition) is 11. The van der Waals surface area contributed by atoms with Crippen molar-refractivity contribution in [1.82, 2.24) is 29.4 Å². The summed E-state index contributed by atoms with van der Waals surface area (Å²) in [6, 6.07) is 38.9. The fraction of sp³-hybridized carbons (Fsp3) is 0.453. The molecule has 4 aliphatic rings. The van der Waals surface area contributed by atoms with Crippen LogP contribution < -0.4 is 10.6 Å². The summed E-state index contributed by atoms with van der Waals surface area (Å²) in [5.41, 5.74) is 1.35. The number of morpholine rings is 1. The molecule has 24 heteroatoms. The minimum absolute atomic E-state index is 0.00469. The number of benzene rings is 6. The molecule has 3 fully saturated rings. The second kappa shape index (κ2) is 33.2. The molecule has 6 aromatic rings. The number of anilines is 2. The summed E-state index contributed by atoms with van der Waals surface area (Å²) in [7, 11) is 5.32. The quantitative estimate of drug-likeness (QED) is 0.0394. The first-order valence-corrected chi connectivity index (χ1v) is 34.7. The number of carbonyl (C=O) groups is 5. The number of alkyl halides is 6. The van der Waals surface area contributed by atoms with Crippen LogP contribution in [0.1, 0.15) is 113 Å². The molecule has 3 saturated heterocycles. The van der Waals surface area contributed by atoms with E-state index in [4.69, 9.17) is 37.4 Å². The Hall–Kier alpha value is -7.73. The number of piperidine rings is 2. The molecule has 0 saturated carbocycles. The van der Waals surface area contributed by atoms with Crippen molar-refractivity contribution < 1.29 is 64.5 Å². The predicted molar refractivity (Wildman–Crippen MR) is 370 cm³/mol. The van der Waals surface area contributed by atoms with Crippen molar-refractivity contribution in [2.45, 2.75) is 106 Å². The van der Waals surface area contributed by atoms with Gasteiger partial charge in [0.05, 0.1) is 46.1 Å². The average Bonchev–Trinajstić information content (AvgIpc) is 1.65. The average molecular weight is 1410 g/mol. The minimum atomic E-state index is -5.14. The van der Waals surface area contributed by atoms with Crippen LogP contribution in [0.25, 0.3) is 11.1 Å². The molecule has 6 aromatic carbocycles. The molecule has 99 heavy (non-hydrogen) atoms. The number of fused-ring (bicyclic) bond motifs is 2. The summed E-state index contributed by atoms with van der Waals surface area (Å²) in [5, 5.41) is 6.81. The lowest BCUT2D eigenvalue weighted by Gasteiger charge is -2.46. The van der Waals surface area contributed by atoms with Gasteiger partial charge in [-0.1, -0.05) is 108 Å². The number of ether oxygens (including phenoxy) is 3. The predicted octanol–water partition coefficient (Wildman–Crippen LogP) is 14.2. The molecule has 1 aliphatic carbocycles. The summed E-state index contributed by atoms with van der Waals surface area (Å²) in [6.45, 7) is 5.68. The van der Waals surface area contributed by atoms with Gasteiger partial charge < -0.3 is 48.9 Å². The van der Waals surface area contributed by atoms with Gasteiger partial charge in [-0.15, -0.1) is 0 Å². The standard InChI is InChI=1S/C75H86Cl2F6N8O8/c1-86(34-14-35-88(3)69(94)53-22-25-59(26-23-53)84-33-13-5-8-21-67(92)87(2)41-42-89-36-28-60(29-37-89)99-71(96)85-65-20-12-10-18-61(65)52-15-6-4-7-16-52)68(93)50-97-66-47-54-17-9-11-19-62(54)72(66)30-38-90(39-31-72)40-32-73(56-24-27-63(76)64(77)49-56)51-91(43-44-98-73)70(95)55-45-57(74(78,79)80)48-58(46-55)75(81,82)83/h4,6-7,9-12,15-20,22-27,45-46,48-49,60,66,84H,5,8,13-14,21,28-44,47,50-51H2,1-3H3,(H,85,96)/t66-,73+/m0/s1. The zero-order valence-corrected chi connectivity index (χ0v) is 57.6. The normalized spacial score (nSPS) is 18.2. The van der Waals surface area contributed by atoms with Gasteiger partial charge in [-0.3, -0.25) is 24.5 Å². The maximum Gasteiger partial charge on any atom is 0.416 e. The van der Waals surface area contributed by atoms with Crippen LogP contribution in [0.3, 0.4) is 0 Å². The molecule has 16 nitrogen and oxygen atoms in total. The van der Waals surface area contributed by atoms with E-state index in [-0.39, 0.29) is 78.8 Å². The van der Waals surface area contributed by atoms with Gasteiger partial charge in [-0.2, -0.15) is 26.3 Å². The summed E-state index contributed by atoms with van der Waals surface area (Å²) in [4.78, 5) is 77.9. The molecule has 1 spiro atoms. The Labute approximate surface area is 584 Å². The van der Waals surface area contributed by atoms with Crippen LogP contribution in [-0.4, -0.2) is 184 Å². The van der Waals surface area contributed by atoms with Gasteiger partial charge in [0.1, 0.15) is 18.3 Å². The maximum atomic E-state index is 14.0. The van der Waals surface area contributed by atoms with E-state index in [1.807, 2.05) is 85.9 Å². The molecule has 0 radical (unpaired) electrons. The lowest BCUT2D eigenvalue weighted by Crippen LogP contribution is -2.54. The van der Waals surface area contributed by atoms with Crippen LogP contribution in [0.4, 0.5) is 42.5 Å². The first-order chi connectivity index (χ1) is 47.4. The molecule has 2 N–H and O–H groups in total. The van der Waals surface area contributed by atoms with Crippen molar-refractivity contribution >= 4 is 64.3 Å². The van der Waals surface area contributed by atoms with Gasteiger partial charge in [0.15, 0.2) is 0 Å². The zero-order chi connectivity index (χ0) is 70.5. The van der Waals surface area contributed by atoms with E-state index in [1.54, 1.807) is 59.1 Å². The highest BCUT2D eigenvalue weighted by molar-refractivity contribution is 6.42. The number of nitrogens with one attached hydrogen (secondary N) is 2. The largest absolute Gasteiger partial charge is 0.446 e. The number of halogens is 8. The monoisotopic (exact) mass is 1410 g/mol. The molecule has 530 valence electrons. The Balaban J connectivity index is 0.614. The summed E-state index contributed by atoms with van der Waals surface area (Å²) < 4.78 is 102.